The van der Waals surface area contributed by atoms with E-state index in [2.05, 4.69) is 10.7 Å². The second-order valence-electron chi connectivity index (χ2n) is 5.46. The number of hydrogen-bond acceptors (Lipinski definition) is 6. The second-order valence-corrected chi connectivity index (χ2v) is 6.71. The highest BCUT2D eigenvalue weighted by Crippen LogP contribution is 2.27. The number of piperazine rings is 1. The molecule has 1 fully saturated rings. The van der Waals surface area contributed by atoms with E-state index in [1.165, 1.54) is 11.3 Å². The Labute approximate surface area is 126 Å². The lowest BCUT2D eigenvalue weighted by atomic mass is 9.98. The van der Waals surface area contributed by atoms with Gasteiger partial charge in [0.1, 0.15) is 0 Å². The molecule has 0 atom stereocenters. The Morgan fingerprint density at radius 2 is 2.19 bits per heavy atom. The maximum atomic E-state index is 11.9. The first-order chi connectivity index (χ1) is 9.75. The van der Waals surface area contributed by atoms with E-state index in [9.17, 15) is 14.4 Å². The fourth-order valence-electron chi connectivity index (χ4n) is 2.15. The van der Waals surface area contributed by atoms with Crippen LogP contribution in [0.5, 0.6) is 0 Å². The van der Waals surface area contributed by atoms with Gasteiger partial charge in [0.25, 0.3) is 5.91 Å². The molecule has 4 N–H and O–H groups in total. The summed E-state index contributed by atoms with van der Waals surface area (Å²) in [6, 6.07) is 1.75. The van der Waals surface area contributed by atoms with Crippen molar-refractivity contribution in [2.24, 2.45) is 5.84 Å². The van der Waals surface area contributed by atoms with Crippen LogP contribution in [0.2, 0.25) is 0 Å². The minimum atomic E-state index is -0.779. The van der Waals surface area contributed by atoms with Crippen molar-refractivity contribution >= 4 is 29.1 Å². The van der Waals surface area contributed by atoms with Crippen LogP contribution < -0.4 is 16.6 Å². The molecule has 0 bridgehead atoms. The van der Waals surface area contributed by atoms with Crippen LogP contribution in [0, 0.1) is 6.92 Å². The molecule has 0 aliphatic carbocycles. The van der Waals surface area contributed by atoms with Gasteiger partial charge in [-0.25, -0.2) is 5.84 Å². The van der Waals surface area contributed by atoms with E-state index in [-0.39, 0.29) is 24.3 Å². The summed E-state index contributed by atoms with van der Waals surface area (Å²) in [6.45, 7) is 6.00. The SMILES string of the molecule is Cc1sc(C(=O)NN)cc1CN1CC(=O)NC(=O)C1(C)C. The summed E-state index contributed by atoms with van der Waals surface area (Å²) in [5.41, 5.74) is 2.23. The number of nitrogens with zero attached hydrogens (tertiary/aromatic N) is 1. The molecule has 1 saturated heterocycles. The summed E-state index contributed by atoms with van der Waals surface area (Å²) in [5, 5.41) is 2.33. The number of aryl methyl sites for hydroxylation is 1. The maximum Gasteiger partial charge on any atom is 0.275 e. The third-order valence-electron chi connectivity index (χ3n) is 3.67. The number of amides is 3. The lowest BCUT2D eigenvalue weighted by molar-refractivity contribution is -0.145. The second kappa shape index (κ2) is 5.55. The van der Waals surface area contributed by atoms with Crippen molar-refractivity contribution in [2.75, 3.05) is 6.54 Å². The number of hydrazine groups is 1. The van der Waals surface area contributed by atoms with Crippen molar-refractivity contribution < 1.29 is 14.4 Å². The summed E-state index contributed by atoms with van der Waals surface area (Å²) < 4.78 is 0. The van der Waals surface area contributed by atoms with Crippen LogP contribution in [0.25, 0.3) is 0 Å². The van der Waals surface area contributed by atoms with E-state index in [1.807, 2.05) is 6.92 Å². The Morgan fingerprint density at radius 3 is 2.81 bits per heavy atom. The van der Waals surface area contributed by atoms with Crippen LogP contribution in [0.4, 0.5) is 0 Å². The van der Waals surface area contributed by atoms with Gasteiger partial charge in [-0.3, -0.25) is 30.0 Å². The molecule has 2 rings (SSSR count). The zero-order chi connectivity index (χ0) is 15.8. The molecule has 1 aromatic heterocycles. The Balaban J connectivity index is 2.24. The van der Waals surface area contributed by atoms with Crippen LogP contribution in [-0.2, 0) is 16.1 Å². The molecular formula is C13H18N4O3S. The van der Waals surface area contributed by atoms with Gasteiger partial charge < -0.3 is 0 Å². The van der Waals surface area contributed by atoms with E-state index < -0.39 is 5.54 Å². The van der Waals surface area contributed by atoms with Gasteiger partial charge in [0.15, 0.2) is 0 Å². The van der Waals surface area contributed by atoms with Crippen molar-refractivity contribution in [3.63, 3.8) is 0 Å². The van der Waals surface area contributed by atoms with Crippen LogP contribution in [0.3, 0.4) is 0 Å². The minimum Gasteiger partial charge on any atom is -0.294 e. The minimum absolute atomic E-state index is 0.145. The van der Waals surface area contributed by atoms with Crippen LogP contribution >= 0.6 is 11.3 Å². The summed E-state index contributed by atoms with van der Waals surface area (Å²) in [7, 11) is 0. The molecule has 1 aliphatic heterocycles. The van der Waals surface area contributed by atoms with Crippen molar-refractivity contribution in [3.8, 4) is 0 Å². The predicted octanol–water partition coefficient (Wildman–Crippen LogP) is -0.103. The average Bonchev–Trinajstić information content (AvgIpc) is 2.77. The number of rotatable bonds is 3. The topological polar surface area (TPSA) is 105 Å². The highest BCUT2D eigenvalue weighted by Gasteiger charge is 2.40. The molecule has 0 unspecified atom stereocenters. The normalized spacial score (nSPS) is 18.5. The van der Waals surface area contributed by atoms with Gasteiger partial charge in [-0.05, 0) is 32.4 Å². The highest BCUT2D eigenvalue weighted by atomic mass is 32.1. The fraction of sp³-hybridized carbons (Fsp3) is 0.462. The van der Waals surface area contributed by atoms with Gasteiger partial charge in [-0.15, -0.1) is 11.3 Å². The van der Waals surface area contributed by atoms with Gasteiger partial charge in [0.2, 0.25) is 11.8 Å². The lowest BCUT2D eigenvalue weighted by Gasteiger charge is -2.40. The number of thiophene rings is 1. The van der Waals surface area contributed by atoms with Gasteiger partial charge in [-0.1, -0.05) is 0 Å². The monoisotopic (exact) mass is 310 g/mol. The molecule has 0 spiro atoms. The van der Waals surface area contributed by atoms with Gasteiger partial charge in [0.05, 0.1) is 17.0 Å². The smallest absolute Gasteiger partial charge is 0.275 e. The Bertz CT molecular complexity index is 609. The number of imide groups is 1. The van der Waals surface area contributed by atoms with E-state index in [1.54, 1.807) is 24.8 Å². The molecule has 3 amide bonds. The lowest BCUT2D eigenvalue weighted by Crippen LogP contribution is -2.63. The van der Waals surface area contributed by atoms with E-state index >= 15 is 0 Å². The first kappa shape index (κ1) is 15.6. The molecular weight excluding hydrogens is 292 g/mol. The molecule has 7 nitrogen and oxygen atoms in total. The van der Waals surface area contributed by atoms with Crippen LogP contribution in [0.1, 0.15) is 34.0 Å². The van der Waals surface area contributed by atoms with Gasteiger partial charge in [0, 0.05) is 11.4 Å². The zero-order valence-electron chi connectivity index (χ0n) is 12.1. The Kier molecular flexibility index (Phi) is 4.13. The summed E-state index contributed by atoms with van der Waals surface area (Å²) in [5.74, 6) is 4.15. The third-order valence-corrected chi connectivity index (χ3v) is 4.76. The first-order valence-corrected chi connectivity index (χ1v) is 7.27. The Hall–Kier alpha value is -1.77. The molecule has 114 valence electrons. The fourth-order valence-corrected chi connectivity index (χ4v) is 3.09. The van der Waals surface area contributed by atoms with Crippen molar-refractivity contribution in [2.45, 2.75) is 32.9 Å². The summed E-state index contributed by atoms with van der Waals surface area (Å²) in [6.07, 6.45) is 0. The molecule has 2 heterocycles. The zero-order valence-corrected chi connectivity index (χ0v) is 13.0. The predicted molar refractivity (Wildman–Crippen MR) is 78.3 cm³/mol. The number of nitrogens with two attached hydrogens (primary N) is 1. The van der Waals surface area contributed by atoms with Crippen LogP contribution in [0.15, 0.2) is 6.07 Å². The summed E-state index contributed by atoms with van der Waals surface area (Å²) in [4.78, 5) is 38.3. The maximum absolute atomic E-state index is 11.9. The quantitative estimate of drug-likeness (QED) is 0.313. The summed E-state index contributed by atoms with van der Waals surface area (Å²) >= 11 is 1.33. The molecule has 8 heteroatoms. The molecule has 1 aliphatic rings. The van der Waals surface area contributed by atoms with Crippen molar-refractivity contribution in [1.82, 2.24) is 15.6 Å². The first-order valence-electron chi connectivity index (χ1n) is 6.45. The number of nitrogens with one attached hydrogen (secondary N) is 2. The number of carbonyl (C=O) groups is 3. The van der Waals surface area contributed by atoms with Crippen LogP contribution in [-0.4, -0.2) is 34.7 Å². The number of carbonyl (C=O) groups excluding carboxylic acids is 3. The molecule has 0 radical (unpaired) electrons. The average molecular weight is 310 g/mol. The van der Waals surface area contributed by atoms with E-state index in [4.69, 9.17) is 5.84 Å². The Morgan fingerprint density at radius 1 is 1.52 bits per heavy atom. The van der Waals surface area contributed by atoms with Crippen molar-refractivity contribution in [3.05, 3.63) is 21.4 Å². The van der Waals surface area contributed by atoms with E-state index in [0.29, 0.717) is 11.4 Å². The molecule has 0 saturated carbocycles. The van der Waals surface area contributed by atoms with E-state index in [0.717, 1.165) is 10.4 Å². The van der Waals surface area contributed by atoms with Gasteiger partial charge in [-0.2, -0.15) is 0 Å². The molecule has 21 heavy (non-hydrogen) atoms. The number of nitrogen functional groups attached to an aromatic ring is 1. The van der Waals surface area contributed by atoms with Crippen molar-refractivity contribution in [1.29, 1.82) is 0 Å². The molecule has 0 aromatic carbocycles. The van der Waals surface area contributed by atoms with Gasteiger partial charge >= 0.3 is 0 Å². The highest BCUT2D eigenvalue weighted by molar-refractivity contribution is 7.14. The largest absolute Gasteiger partial charge is 0.294 e. The molecule has 1 aromatic rings. The third kappa shape index (κ3) is 2.97. The number of hydrogen-bond donors (Lipinski definition) is 3. The standard InChI is InChI=1S/C13H18N4O3S/c1-7-8(4-9(21-7)11(19)16-14)5-17-6-10(18)15-12(20)13(17,2)3/h4H,5-6,14H2,1-3H3,(H,16,19)(H,15,18,20).